The summed E-state index contributed by atoms with van der Waals surface area (Å²) < 4.78 is 0. The van der Waals surface area contributed by atoms with Gasteiger partial charge in [-0.3, -0.25) is 4.90 Å². The Morgan fingerprint density at radius 1 is 1.18 bits per heavy atom. The van der Waals surface area contributed by atoms with Gasteiger partial charge in [0.2, 0.25) is 0 Å². The molecule has 0 saturated heterocycles. The Morgan fingerprint density at radius 3 is 2.47 bits per heavy atom. The molecule has 1 aliphatic rings. The molecule has 1 heterocycles. The van der Waals surface area contributed by atoms with Gasteiger partial charge in [-0.2, -0.15) is 0 Å². The molecule has 0 spiro atoms. The third-order valence-electron chi connectivity index (χ3n) is 3.33. The summed E-state index contributed by atoms with van der Waals surface area (Å²) in [5.41, 5.74) is 4.30. The Kier molecular flexibility index (Phi) is 4.35. The second-order valence-electron chi connectivity index (χ2n) is 4.88. The van der Waals surface area contributed by atoms with Crippen LogP contribution in [0.1, 0.15) is 24.5 Å². The lowest BCUT2D eigenvalue weighted by atomic mass is 10.1. The van der Waals surface area contributed by atoms with Gasteiger partial charge < -0.3 is 5.32 Å². The van der Waals surface area contributed by atoms with Crippen molar-refractivity contribution >= 4 is 0 Å². The van der Waals surface area contributed by atoms with Gasteiger partial charge in [-0.1, -0.05) is 35.9 Å². The summed E-state index contributed by atoms with van der Waals surface area (Å²) >= 11 is 0. The van der Waals surface area contributed by atoms with Crippen LogP contribution < -0.4 is 5.32 Å². The minimum Gasteiger partial charge on any atom is -0.316 e. The van der Waals surface area contributed by atoms with Gasteiger partial charge in [0.15, 0.2) is 0 Å². The number of benzene rings is 1. The predicted molar refractivity (Wildman–Crippen MR) is 72.9 cm³/mol. The molecule has 0 atom stereocenters. The Morgan fingerprint density at radius 2 is 1.88 bits per heavy atom. The van der Waals surface area contributed by atoms with Crippen molar-refractivity contribution in [1.29, 1.82) is 0 Å². The standard InChI is InChI=1S/C15H22N2/c1-13-7-9-17(10-8-13)12-15-5-3-14(4-6-15)11-16-2/h3-7,16H,8-12H2,1-2H3. The summed E-state index contributed by atoms with van der Waals surface area (Å²) in [6, 6.07) is 8.93. The van der Waals surface area contributed by atoms with Crippen LogP contribution in [0.2, 0.25) is 0 Å². The van der Waals surface area contributed by atoms with Crippen molar-refractivity contribution in [3.63, 3.8) is 0 Å². The van der Waals surface area contributed by atoms with Gasteiger partial charge >= 0.3 is 0 Å². The average molecular weight is 230 g/mol. The maximum atomic E-state index is 3.17. The third-order valence-corrected chi connectivity index (χ3v) is 3.33. The van der Waals surface area contributed by atoms with E-state index in [4.69, 9.17) is 0 Å². The molecule has 0 unspecified atom stereocenters. The van der Waals surface area contributed by atoms with E-state index in [2.05, 4.69) is 47.5 Å². The second kappa shape index (κ2) is 5.99. The van der Waals surface area contributed by atoms with Gasteiger partial charge in [0.1, 0.15) is 0 Å². The van der Waals surface area contributed by atoms with Gasteiger partial charge in [0.25, 0.3) is 0 Å². The van der Waals surface area contributed by atoms with Crippen molar-refractivity contribution in [1.82, 2.24) is 10.2 Å². The molecule has 1 aliphatic heterocycles. The molecule has 17 heavy (non-hydrogen) atoms. The van der Waals surface area contributed by atoms with Crippen molar-refractivity contribution < 1.29 is 0 Å². The van der Waals surface area contributed by atoms with E-state index in [0.29, 0.717) is 0 Å². The van der Waals surface area contributed by atoms with Crippen molar-refractivity contribution in [2.75, 3.05) is 20.1 Å². The van der Waals surface area contributed by atoms with Crippen LogP contribution in [-0.4, -0.2) is 25.0 Å². The lowest BCUT2D eigenvalue weighted by Crippen LogP contribution is -2.27. The molecular weight excluding hydrogens is 208 g/mol. The van der Waals surface area contributed by atoms with E-state index in [1.165, 1.54) is 29.7 Å². The van der Waals surface area contributed by atoms with Gasteiger partial charge in [-0.25, -0.2) is 0 Å². The first-order chi connectivity index (χ1) is 8.28. The van der Waals surface area contributed by atoms with E-state index in [-0.39, 0.29) is 0 Å². The summed E-state index contributed by atoms with van der Waals surface area (Å²) in [4.78, 5) is 2.50. The highest BCUT2D eigenvalue weighted by atomic mass is 15.1. The van der Waals surface area contributed by atoms with Crippen LogP contribution in [0.3, 0.4) is 0 Å². The molecular formula is C15H22N2. The molecule has 92 valence electrons. The number of nitrogens with zero attached hydrogens (tertiary/aromatic N) is 1. The van der Waals surface area contributed by atoms with Gasteiger partial charge in [0, 0.05) is 26.2 Å². The summed E-state index contributed by atoms with van der Waals surface area (Å²) in [6.45, 7) is 6.55. The van der Waals surface area contributed by atoms with E-state index in [1.54, 1.807) is 0 Å². The fourth-order valence-electron chi connectivity index (χ4n) is 2.18. The van der Waals surface area contributed by atoms with Crippen LogP contribution in [-0.2, 0) is 13.1 Å². The maximum Gasteiger partial charge on any atom is 0.0237 e. The first kappa shape index (κ1) is 12.3. The highest BCUT2D eigenvalue weighted by molar-refractivity contribution is 5.22. The van der Waals surface area contributed by atoms with Crippen LogP contribution >= 0.6 is 0 Å². The lowest BCUT2D eigenvalue weighted by molar-refractivity contribution is 0.286. The maximum absolute atomic E-state index is 3.17. The Bertz CT molecular complexity index is 378. The molecule has 0 radical (unpaired) electrons. The van der Waals surface area contributed by atoms with Crippen molar-refractivity contribution in [3.05, 3.63) is 47.0 Å². The molecule has 0 aliphatic carbocycles. The molecule has 1 aromatic carbocycles. The topological polar surface area (TPSA) is 15.3 Å². The highest BCUT2D eigenvalue weighted by Gasteiger charge is 2.09. The highest BCUT2D eigenvalue weighted by Crippen LogP contribution is 2.13. The zero-order valence-corrected chi connectivity index (χ0v) is 10.9. The molecule has 2 rings (SSSR count). The number of rotatable bonds is 4. The first-order valence-corrected chi connectivity index (χ1v) is 6.38. The SMILES string of the molecule is CNCc1ccc(CN2CC=C(C)CC2)cc1. The predicted octanol–water partition coefficient (Wildman–Crippen LogP) is 2.56. The summed E-state index contributed by atoms with van der Waals surface area (Å²) in [5.74, 6) is 0. The second-order valence-corrected chi connectivity index (χ2v) is 4.88. The van der Waals surface area contributed by atoms with Gasteiger partial charge in [0.05, 0.1) is 0 Å². The smallest absolute Gasteiger partial charge is 0.0237 e. The molecule has 0 bridgehead atoms. The Labute approximate surface area is 104 Å². The fraction of sp³-hybridized carbons (Fsp3) is 0.467. The van der Waals surface area contributed by atoms with Crippen LogP contribution in [0.25, 0.3) is 0 Å². The molecule has 0 fully saturated rings. The lowest BCUT2D eigenvalue weighted by Gasteiger charge is -2.25. The molecule has 1 N–H and O–H groups in total. The number of nitrogens with one attached hydrogen (secondary N) is 1. The van der Waals surface area contributed by atoms with E-state index in [9.17, 15) is 0 Å². The van der Waals surface area contributed by atoms with Crippen molar-refractivity contribution in [2.24, 2.45) is 0 Å². The summed E-state index contributed by atoms with van der Waals surface area (Å²) in [7, 11) is 1.98. The monoisotopic (exact) mass is 230 g/mol. The zero-order valence-electron chi connectivity index (χ0n) is 10.9. The Hall–Kier alpha value is -1.12. The average Bonchev–Trinajstić information content (AvgIpc) is 2.35. The fourth-order valence-corrected chi connectivity index (χ4v) is 2.18. The van der Waals surface area contributed by atoms with Crippen LogP contribution in [0.4, 0.5) is 0 Å². The quantitative estimate of drug-likeness (QED) is 0.800. The van der Waals surface area contributed by atoms with E-state index < -0.39 is 0 Å². The van der Waals surface area contributed by atoms with Gasteiger partial charge in [-0.15, -0.1) is 0 Å². The molecule has 1 aromatic rings. The first-order valence-electron chi connectivity index (χ1n) is 6.38. The Balaban J connectivity index is 1.90. The zero-order chi connectivity index (χ0) is 12.1. The number of hydrogen-bond donors (Lipinski definition) is 1. The van der Waals surface area contributed by atoms with E-state index >= 15 is 0 Å². The summed E-state index contributed by atoms with van der Waals surface area (Å²) in [5, 5.41) is 3.17. The van der Waals surface area contributed by atoms with Crippen molar-refractivity contribution in [3.8, 4) is 0 Å². The molecule has 0 saturated carbocycles. The molecule has 0 amide bonds. The van der Waals surface area contributed by atoms with Crippen molar-refractivity contribution in [2.45, 2.75) is 26.4 Å². The third kappa shape index (κ3) is 3.69. The molecule has 2 nitrogen and oxygen atoms in total. The van der Waals surface area contributed by atoms with Gasteiger partial charge in [-0.05, 0) is 31.5 Å². The van der Waals surface area contributed by atoms with E-state index in [0.717, 1.165) is 19.6 Å². The van der Waals surface area contributed by atoms with Crippen LogP contribution in [0.15, 0.2) is 35.9 Å². The molecule has 0 aromatic heterocycles. The van der Waals surface area contributed by atoms with Crippen LogP contribution in [0, 0.1) is 0 Å². The van der Waals surface area contributed by atoms with Crippen LogP contribution in [0.5, 0.6) is 0 Å². The largest absolute Gasteiger partial charge is 0.316 e. The minimum atomic E-state index is 0.950. The normalized spacial score (nSPS) is 16.9. The molecule has 2 heteroatoms. The van der Waals surface area contributed by atoms with E-state index in [1.807, 2.05) is 7.05 Å². The minimum absolute atomic E-state index is 0.950. The number of hydrogen-bond acceptors (Lipinski definition) is 2. The summed E-state index contributed by atoms with van der Waals surface area (Å²) in [6.07, 6.45) is 3.57.